The van der Waals surface area contributed by atoms with Gasteiger partial charge in [-0.1, -0.05) is 48.5 Å². The number of likely N-dealkylation sites (tertiary alicyclic amines) is 1. The van der Waals surface area contributed by atoms with Gasteiger partial charge in [0.05, 0.1) is 12.5 Å². The maximum Gasteiger partial charge on any atom is 0.406 e. The van der Waals surface area contributed by atoms with Crippen molar-refractivity contribution in [3.05, 3.63) is 54.6 Å². The Bertz CT molecular complexity index is 856. The second-order valence-electron chi connectivity index (χ2n) is 6.79. The smallest absolute Gasteiger partial charge is 0.406 e. The van der Waals surface area contributed by atoms with E-state index in [2.05, 4.69) is 5.32 Å². The molecule has 1 aliphatic heterocycles. The highest BCUT2D eigenvalue weighted by Gasteiger charge is 2.40. The number of carbonyl (C=O) groups is 2. The summed E-state index contributed by atoms with van der Waals surface area (Å²) in [5.74, 6) is -1.21. The Labute approximate surface area is 166 Å². The Morgan fingerprint density at radius 1 is 1.10 bits per heavy atom. The highest BCUT2D eigenvalue weighted by atomic mass is 19.4. The molecule has 0 saturated carbocycles. The van der Waals surface area contributed by atoms with Gasteiger partial charge in [0, 0.05) is 18.5 Å². The first kappa shape index (κ1) is 20.7. The summed E-state index contributed by atoms with van der Waals surface area (Å²) < 4.78 is 43.2. The van der Waals surface area contributed by atoms with Crippen LogP contribution in [0, 0.1) is 5.92 Å². The van der Waals surface area contributed by atoms with Gasteiger partial charge in [0.2, 0.25) is 11.8 Å². The molecule has 1 unspecified atom stereocenters. The Morgan fingerprint density at radius 3 is 2.52 bits per heavy atom. The number of benzene rings is 2. The van der Waals surface area contributed by atoms with Crippen LogP contribution in [0.3, 0.4) is 0 Å². The average Bonchev–Trinajstić information content (AvgIpc) is 3.05. The summed E-state index contributed by atoms with van der Waals surface area (Å²) in [4.78, 5) is 24.5. The Kier molecular flexibility index (Phi) is 6.41. The monoisotopic (exact) mass is 406 g/mol. The zero-order valence-electron chi connectivity index (χ0n) is 15.6. The molecule has 3 rings (SSSR count). The SMILES string of the molecule is O=C(NCCOc1ccccc1-c1ccccc1)C1CC(=O)N(CC(F)(F)F)C1. The van der Waals surface area contributed by atoms with Crippen LogP contribution in [0.2, 0.25) is 0 Å². The molecule has 1 saturated heterocycles. The summed E-state index contributed by atoms with van der Waals surface area (Å²) in [6.07, 6.45) is -4.68. The van der Waals surface area contributed by atoms with E-state index >= 15 is 0 Å². The fraction of sp³-hybridized carbons (Fsp3) is 0.333. The number of carbonyl (C=O) groups excluding carboxylic acids is 2. The summed E-state index contributed by atoms with van der Waals surface area (Å²) in [5.41, 5.74) is 1.92. The standard InChI is InChI=1S/C21H21F3N2O3/c22-21(23,24)14-26-13-16(12-19(26)27)20(28)25-10-11-29-18-9-5-4-8-17(18)15-6-2-1-3-7-15/h1-9,16H,10-14H2,(H,25,28). The van der Waals surface area contributed by atoms with E-state index in [0.717, 1.165) is 11.1 Å². The third kappa shape index (κ3) is 5.73. The number of nitrogens with zero attached hydrogens (tertiary/aromatic N) is 1. The van der Waals surface area contributed by atoms with Crippen LogP contribution in [-0.2, 0) is 9.59 Å². The first-order valence-corrected chi connectivity index (χ1v) is 9.23. The summed E-state index contributed by atoms with van der Waals surface area (Å²) in [5, 5.41) is 2.63. The number of hydrogen-bond donors (Lipinski definition) is 1. The number of hydrogen-bond acceptors (Lipinski definition) is 3. The molecule has 154 valence electrons. The van der Waals surface area contributed by atoms with Crippen LogP contribution in [0.25, 0.3) is 11.1 Å². The normalized spacial score (nSPS) is 16.7. The van der Waals surface area contributed by atoms with Gasteiger partial charge in [0.1, 0.15) is 18.9 Å². The van der Waals surface area contributed by atoms with Gasteiger partial charge < -0.3 is 15.0 Å². The van der Waals surface area contributed by atoms with E-state index in [1.54, 1.807) is 0 Å². The molecule has 2 amide bonds. The number of alkyl halides is 3. The lowest BCUT2D eigenvalue weighted by Crippen LogP contribution is -2.38. The quantitative estimate of drug-likeness (QED) is 0.718. The lowest BCUT2D eigenvalue weighted by molar-refractivity contribution is -0.157. The molecule has 1 fully saturated rings. The van der Waals surface area contributed by atoms with Crippen molar-refractivity contribution in [2.45, 2.75) is 12.6 Å². The lowest BCUT2D eigenvalue weighted by Gasteiger charge is -2.18. The predicted molar refractivity (Wildman–Crippen MR) is 101 cm³/mol. The molecular weight excluding hydrogens is 385 g/mol. The number of ether oxygens (including phenoxy) is 1. The molecule has 2 aromatic rings. The van der Waals surface area contributed by atoms with Gasteiger partial charge in [-0.25, -0.2) is 0 Å². The largest absolute Gasteiger partial charge is 0.491 e. The third-order valence-corrected chi connectivity index (χ3v) is 4.59. The zero-order valence-corrected chi connectivity index (χ0v) is 15.6. The molecule has 1 atom stereocenters. The van der Waals surface area contributed by atoms with Crippen LogP contribution in [0.4, 0.5) is 13.2 Å². The van der Waals surface area contributed by atoms with Crippen LogP contribution >= 0.6 is 0 Å². The van der Waals surface area contributed by atoms with Crippen molar-refractivity contribution in [1.82, 2.24) is 10.2 Å². The van der Waals surface area contributed by atoms with Crippen molar-refractivity contribution in [2.75, 3.05) is 26.2 Å². The zero-order chi connectivity index (χ0) is 20.9. The van der Waals surface area contributed by atoms with E-state index in [-0.39, 0.29) is 26.1 Å². The molecule has 1 heterocycles. The fourth-order valence-electron chi connectivity index (χ4n) is 3.25. The first-order valence-electron chi connectivity index (χ1n) is 9.23. The van der Waals surface area contributed by atoms with E-state index in [9.17, 15) is 22.8 Å². The van der Waals surface area contributed by atoms with Crippen LogP contribution < -0.4 is 10.1 Å². The van der Waals surface area contributed by atoms with Crippen molar-refractivity contribution >= 4 is 11.8 Å². The second-order valence-corrected chi connectivity index (χ2v) is 6.79. The molecule has 0 aliphatic carbocycles. The molecule has 29 heavy (non-hydrogen) atoms. The van der Waals surface area contributed by atoms with E-state index in [4.69, 9.17) is 4.74 Å². The van der Waals surface area contributed by atoms with Crippen molar-refractivity contribution in [3.63, 3.8) is 0 Å². The number of halogens is 3. The van der Waals surface area contributed by atoms with E-state index in [1.807, 2.05) is 54.6 Å². The van der Waals surface area contributed by atoms with Gasteiger partial charge in [-0.15, -0.1) is 0 Å². The molecule has 0 aromatic heterocycles. The lowest BCUT2D eigenvalue weighted by atomic mass is 10.1. The number of nitrogens with one attached hydrogen (secondary N) is 1. The Morgan fingerprint density at radius 2 is 1.79 bits per heavy atom. The number of para-hydroxylation sites is 1. The maximum atomic E-state index is 12.5. The van der Waals surface area contributed by atoms with Crippen molar-refractivity contribution in [3.8, 4) is 16.9 Å². The van der Waals surface area contributed by atoms with Crippen molar-refractivity contribution in [1.29, 1.82) is 0 Å². The van der Waals surface area contributed by atoms with Gasteiger partial charge in [-0.05, 0) is 11.6 Å². The highest BCUT2D eigenvalue weighted by molar-refractivity contribution is 5.89. The summed E-state index contributed by atoms with van der Waals surface area (Å²) >= 11 is 0. The van der Waals surface area contributed by atoms with Gasteiger partial charge in [-0.2, -0.15) is 13.2 Å². The minimum absolute atomic E-state index is 0.186. The van der Waals surface area contributed by atoms with Crippen LogP contribution in [-0.4, -0.2) is 49.1 Å². The molecule has 5 nitrogen and oxygen atoms in total. The Hall–Kier alpha value is -3.03. The van der Waals surface area contributed by atoms with E-state index in [1.165, 1.54) is 0 Å². The van der Waals surface area contributed by atoms with Gasteiger partial charge in [0.15, 0.2) is 0 Å². The maximum absolute atomic E-state index is 12.5. The average molecular weight is 406 g/mol. The number of rotatable bonds is 7. The van der Waals surface area contributed by atoms with E-state index < -0.39 is 30.5 Å². The predicted octanol–water partition coefficient (Wildman–Crippen LogP) is 3.26. The van der Waals surface area contributed by atoms with Crippen LogP contribution in [0.15, 0.2) is 54.6 Å². The molecule has 2 aromatic carbocycles. The third-order valence-electron chi connectivity index (χ3n) is 4.59. The second kappa shape index (κ2) is 8.98. The van der Waals surface area contributed by atoms with Crippen molar-refractivity contribution < 1.29 is 27.5 Å². The van der Waals surface area contributed by atoms with Crippen LogP contribution in [0.1, 0.15) is 6.42 Å². The minimum atomic E-state index is -4.47. The topological polar surface area (TPSA) is 58.6 Å². The fourth-order valence-corrected chi connectivity index (χ4v) is 3.25. The molecular formula is C21H21F3N2O3. The van der Waals surface area contributed by atoms with Gasteiger partial charge in [0.25, 0.3) is 0 Å². The van der Waals surface area contributed by atoms with E-state index in [0.29, 0.717) is 10.6 Å². The highest BCUT2D eigenvalue weighted by Crippen LogP contribution is 2.29. The van der Waals surface area contributed by atoms with Crippen LogP contribution in [0.5, 0.6) is 5.75 Å². The summed E-state index contributed by atoms with van der Waals surface area (Å²) in [7, 11) is 0. The van der Waals surface area contributed by atoms with Crippen molar-refractivity contribution in [2.24, 2.45) is 5.92 Å². The summed E-state index contributed by atoms with van der Waals surface area (Å²) in [6, 6.07) is 17.2. The van der Waals surface area contributed by atoms with Gasteiger partial charge in [-0.3, -0.25) is 9.59 Å². The summed E-state index contributed by atoms with van der Waals surface area (Å²) in [6.45, 7) is -1.16. The molecule has 0 spiro atoms. The molecule has 0 radical (unpaired) electrons. The molecule has 1 N–H and O–H groups in total. The van der Waals surface area contributed by atoms with Gasteiger partial charge >= 0.3 is 6.18 Å². The first-order chi connectivity index (χ1) is 13.8. The minimum Gasteiger partial charge on any atom is -0.491 e. The molecule has 1 aliphatic rings. The molecule has 8 heteroatoms. The number of amides is 2. The molecule has 0 bridgehead atoms. The Balaban J connectivity index is 1.48.